The molecule has 0 N–H and O–H groups in total. The lowest BCUT2D eigenvalue weighted by Gasteiger charge is -2.17. The van der Waals surface area contributed by atoms with Crippen LogP contribution in [0, 0.1) is 6.92 Å². The molecule has 0 radical (unpaired) electrons. The van der Waals surface area contributed by atoms with Gasteiger partial charge < -0.3 is 4.90 Å². The molecule has 2 heterocycles. The van der Waals surface area contributed by atoms with Crippen molar-refractivity contribution < 1.29 is 4.39 Å². The molecule has 3 heteroatoms. The molecule has 1 aromatic heterocycles. The van der Waals surface area contributed by atoms with Crippen LogP contribution in [-0.2, 0) is 0 Å². The van der Waals surface area contributed by atoms with E-state index in [1.165, 1.54) is 0 Å². The lowest BCUT2D eigenvalue weighted by molar-refractivity contribution is 0.364. The minimum Gasteiger partial charge on any atom is -0.353 e. The maximum absolute atomic E-state index is 12.9. The van der Waals surface area contributed by atoms with E-state index in [-0.39, 0.29) is 0 Å². The quantitative estimate of drug-likeness (QED) is 0.656. The van der Waals surface area contributed by atoms with Crippen molar-refractivity contribution in [3.8, 4) is 0 Å². The van der Waals surface area contributed by atoms with Crippen LogP contribution in [0.15, 0.2) is 18.3 Å². The average molecular weight is 180 g/mol. The van der Waals surface area contributed by atoms with E-state index in [0.717, 1.165) is 17.9 Å². The van der Waals surface area contributed by atoms with E-state index >= 15 is 0 Å². The molecule has 0 unspecified atom stereocenters. The van der Waals surface area contributed by atoms with E-state index < -0.39 is 6.17 Å². The highest BCUT2D eigenvalue weighted by Gasteiger charge is 2.23. The Hall–Kier alpha value is -1.12. The minimum atomic E-state index is -0.679. The maximum Gasteiger partial charge on any atom is 0.131 e. The largest absolute Gasteiger partial charge is 0.353 e. The summed E-state index contributed by atoms with van der Waals surface area (Å²) < 4.78 is 12.9. The van der Waals surface area contributed by atoms with Crippen molar-refractivity contribution in [2.45, 2.75) is 19.5 Å². The molecule has 0 aliphatic carbocycles. The molecule has 1 aromatic rings. The fraction of sp³-hybridized carbons (Fsp3) is 0.500. The Morgan fingerprint density at radius 2 is 2.46 bits per heavy atom. The van der Waals surface area contributed by atoms with Crippen LogP contribution >= 0.6 is 0 Å². The first-order valence-electron chi connectivity index (χ1n) is 4.58. The van der Waals surface area contributed by atoms with E-state index in [4.69, 9.17) is 0 Å². The summed E-state index contributed by atoms with van der Waals surface area (Å²) in [7, 11) is 0. The Labute approximate surface area is 77.4 Å². The lowest BCUT2D eigenvalue weighted by Crippen LogP contribution is -2.21. The number of nitrogens with zero attached hydrogens (tertiary/aromatic N) is 2. The topological polar surface area (TPSA) is 16.1 Å². The fourth-order valence-electron chi connectivity index (χ4n) is 1.72. The molecular weight excluding hydrogens is 167 g/mol. The van der Waals surface area contributed by atoms with Crippen LogP contribution in [0.2, 0.25) is 0 Å². The number of rotatable bonds is 1. The first-order valence-corrected chi connectivity index (χ1v) is 4.58. The summed E-state index contributed by atoms with van der Waals surface area (Å²) in [6, 6.07) is 3.91. The number of anilines is 1. The highest BCUT2D eigenvalue weighted by Crippen LogP contribution is 2.22. The van der Waals surface area contributed by atoms with Crippen LogP contribution in [0.1, 0.15) is 12.0 Å². The highest BCUT2D eigenvalue weighted by molar-refractivity contribution is 5.46. The number of aromatic nitrogens is 1. The van der Waals surface area contributed by atoms with E-state index in [1.807, 2.05) is 24.0 Å². The highest BCUT2D eigenvalue weighted by atomic mass is 19.1. The smallest absolute Gasteiger partial charge is 0.131 e. The van der Waals surface area contributed by atoms with Crippen molar-refractivity contribution >= 4 is 5.82 Å². The average Bonchev–Trinajstić information content (AvgIpc) is 2.53. The van der Waals surface area contributed by atoms with Crippen molar-refractivity contribution in [2.75, 3.05) is 18.0 Å². The summed E-state index contributed by atoms with van der Waals surface area (Å²) >= 11 is 0. The van der Waals surface area contributed by atoms with Gasteiger partial charge >= 0.3 is 0 Å². The second-order valence-corrected chi connectivity index (χ2v) is 3.48. The van der Waals surface area contributed by atoms with Crippen molar-refractivity contribution in [3.63, 3.8) is 0 Å². The number of hydrogen-bond acceptors (Lipinski definition) is 2. The SMILES string of the molecule is Cc1cccnc1N1CC[C@@H](F)C1. The lowest BCUT2D eigenvalue weighted by atomic mass is 10.3. The van der Waals surface area contributed by atoms with Gasteiger partial charge in [-0.2, -0.15) is 0 Å². The molecule has 0 amide bonds. The number of aryl methyl sites for hydroxylation is 1. The monoisotopic (exact) mass is 180 g/mol. The molecule has 70 valence electrons. The Bertz CT molecular complexity index is 301. The first kappa shape index (κ1) is 8.48. The zero-order chi connectivity index (χ0) is 9.26. The van der Waals surface area contributed by atoms with Crippen LogP contribution < -0.4 is 4.90 Å². The van der Waals surface area contributed by atoms with Gasteiger partial charge in [0.15, 0.2) is 0 Å². The summed E-state index contributed by atoms with van der Waals surface area (Å²) in [5.74, 6) is 0.933. The van der Waals surface area contributed by atoms with Crippen molar-refractivity contribution in [3.05, 3.63) is 23.9 Å². The molecule has 0 aromatic carbocycles. The van der Waals surface area contributed by atoms with Crippen LogP contribution in [0.4, 0.5) is 10.2 Å². The Morgan fingerprint density at radius 3 is 3.08 bits per heavy atom. The molecule has 1 saturated heterocycles. The Kier molecular flexibility index (Phi) is 2.17. The van der Waals surface area contributed by atoms with Gasteiger partial charge in [-0.25, -0.2) is 9.37 Å². The predicted molar refractivity (Wildman–Crippen MR) is 50.7 cm³/mol. The van der Waals surface area contributed by atoms with E-state index in [0.29, 0.717) is 13.0 Å². The van der Waals surface area contributed by atoms with E-state index in [2.05, 4.69) is 4.98 Å². The molecule has 1 atom stereocenters. The summed E-state index contributed by atoms with van der Waals surface area (Å²) in [4.78, 5) is 6.27. The third-order valence-electron chi connectivity index (χ3n) is 2.41. The molecule has 13 heavy (non-hydrogen) atoms. The molecule has 0 saturated carbocycles. The maximum atomic E-state index is 12.9. The van der Waals surface area contributed by atoms with Crippen molar-refractivity contribution in [1.82, 2.24) is 4.98 Å². The number of pyridine rings is 1. The van der Waals surface area contributed by atoms with Crippen LogP contribution in [0.25, 0.3) is 0 Å². The second-order valence-electron chi connectivity index (χ2n) is 3.48. The van der Waals surface area contributed by atoms with Crippen LogP contribution in [-0.4, -0.2) is 24.2 Å². The van der Waals surface area contributed by atoms with Gasteiger partial charge in [-0.3, -0.25) is 0 Å². The number of alkyl halides is 1. The summed E-state index contributed by atoms with van der Waals surface area (Å²) in [6.07, 6.45) is 1.71. The first-order chi connectivity index (χ1) is 6.27. The minimum absolute atomic E-state index is 0.498. The van der Waals surface area contributed by atoms with Crippen molar-refractivity contribution in [2.24, 2.45) is 0 Å². The Balaban J connectivity index is 2.21. The van der Waals surface area contributed by atoms with Gasteiger partial charge in [0, 0.05) is 12.7 Å². The van der Waals surface area contributed by atoms with Crippen LogP contribution in [0.5, 0.6) is 0 Å². The number of hydrogen-bond donors (Lipinski definition) is 0. The number of halogens is 1. The molecule has 1 fully saturated rings. The van der Waals surface area contributed by atoms with Gasteiger partial charge in [0.05, 0.1) is 6.54 Å². The van der Waals surface area contributed by atoms with Gasteiger partial charge in [-0.15, -0.1) is 0 Å². The second kappa shape index (κ2) is 3.32. The van der Waals surface area contributed by atoms with E-state index in [1.54, 1.807) is 6.20 Å². The third kappa shape index (κ3) is 1.64. The third-order valence-corrected chi connectivity index (χ3v) is 2.41. The Morgan fingerprint density at radius 1 is 1.62 bits per heavy atom. The van der Waals surface area contributed by atoms with E-state index in [9.17, 15) is 4.39 Å². The van der Waals surface area contributed by atoms with Gasteiger partial charge in [-0.1, -0.05) is 6.07 Å². The summed E-state index contributed by atoms with van der Waals surface area (Å²) in [5, 5.41) is 0. The van der Waals surface area contributed by atoms with Crippen LogP contribution in [0.3, 0.4) is 0 Å². The summed E-state index contributed by atoms with van der Waals surface area (Å²) in [6.45, 7) is 3.30. The predicted octanol–water partition coefficient (Wildman–Crippen LogP) is 1.94. The molecular formula is C10H13FN2. The zero-order valence-corrected chi connectivity index (χ0v) is 7.70. The van der Waals surface area contributed by atoms with Gasteiger partial charge in [0.2, 0.25) is 0 Å². The molecule has 1 aliphatic heterocycles. The molecule has 0 spiro atoms. The van der Waals surface area contributed by atoms with Gasteiger partial charge in [0.25, 0.3) is 0 Å². The molecule has 1 aliphatic rings. The summed E-state index contributed by atoms with van der Waals surface area (Å²) in [5.41, 5.74) is 1.12. The standard InChI is InChI=1S/C10H13FN2/c1-8-3-2-5-12-10(8)13-6-4-9(11)7-13/h2-3,5,9H,4,6-7H2,1H3/t9-/m1/s1. The van der Waals surface area contributed by atoms with Crippen molar-refractivity contribution in [1.29, 1.82) is 0 Å². The normalized spacial score (nSPS) is 22.3. The fourth-order valence-corrected chi connectivity index (χ4v) is 1.72. The van der Waals surface area contributed by atoms with Gasteiger partial charge in [-0.05, 0) is 25.0 Å². The molecule has 0 bridgehead atoms. The zero-order valence-electron chi connectivity index (χ0n) is 7.70. The molecule has 2 nitrogen and oxygen atoms in total. The van der Waals surface area contributed by atoms with Gasteiger partial charge in [0.1, 0.15) is 12.0 Å². The molecule has 2 rings (SSSR count).